The zero-order valence-electron chi connectivity index (χ0n) is 10.9. The van der Waals surface area contributed by atoms with Crippen LogP contribution in [-0.2, 0) is 0 Å². The van der Waals surface area contributed by atoms with E-state index >= 15 is 0 Å². The third kappa shape index (κ3) is 2.68. The molecule has 2 rings (SSSR count). The Morgan fingerprint density at radius 3 is 2.89 bits per heavy atom. The molecule has 1 aromatic carbocycles. The average Bonchev–Trinajstić information content (AvgIpc) is 2.86. The third-order valence-electron chi connectivity index (χ3n) is 3.93. The number of hydrogen-bond acceptors (Lipinski definition) is 4. The first-order chi connectivity index (χ1) is 9.04. The summed E-state index contributed by atoms with van der Waals surface area (Å²) < 4.78 is 13.1. The summed E-state index contributed by atoms with van der Waals surface area (Å²) in [7, 11) is 1.82. The first-order valence-corrected chi connectivity index (χ1v) is 6.41. The molecule has 104 valence electrons. The normalized spacial score (nSPS) is 22.5. The van der Waals surface area contributed by atoms with Gasteiger partial charge in [0.25, 0.3) is 5.69 Å². The van der Waals surface area contributed by atoms with Crippen molar-refractivity contribution in [3.8, 4) is 0 Å². The number of benzene rings is 1. The minimum absolute atomic E-state index is 0.189. The summed E-state index contributed by atoms with van der Waals surface area (Å²) in [5.41, 5.74) is 6.01. The molecule has 0 amide bonds. The van der Waals surface area contributed by atoms with Gasteiger partial charge in [-0.05, 0) is 37.4 Å². The maximum atomic E-state index is 13.1. The largest absolute Gasteiger partial charge is 0.366 e. The highest BCUT2D eigenvalue weighted by atomic mass is 19.1. The number of anilines is 1. The summed E-state index contributed by atoms with van der Waals surface area (Å²) in [5.74, 6) is -0.250. The lowest BCUT2D eigenvalue weighted by Gasteiger charge is -2.30. The molecule has 1 aliphatic carbocycles. The van der Waals surface area contributed by atoms with Crippen molar-refractivity contribution < 1.29 is 9.31 Å². The van der Waals surface area contributed by atoms with Crippen molar-refractivity contribution in [2.45, 2.75) is 25.3 Å². The summed E-state index contributed by atoms with van der Waals surface area (Å²) in [5, 5.41) is 11.0. The molecule has 0 aliphatic heterocycles. The second-order valence-electron chi connectivity index (χ2n) is 5.00. The first kappa shape index (κ1) is 13.7. The maximum Gasteiger partial charge on any atom is 0.295 e. The Morgan fingerprint density at radius 1 is 1.53 bits per heavy atom. The van der Waals surface area contributed by atoms with Crippen molar-refractivity contribution in [2.75, 3.05) is 18.5 Å². The van der Waals surface area contributed by atoms with Gasteiger partial charge < -0.3 is 10.6 Å². The standard InChI is InChI=1S/C13H18FN3O2/c1-16(11-4-2-3-9(11)8-15)12-6-5-10(14)7-13(12)17(18)19/h5-7,9,11H,2-4,8,15H2,1H3. The topological polar surface area (TPSA) is 72.4 Å². The number of halogens is 1. The van der Waals surface area contributed by atoms with Crippen LogP contribution in [-0.4, -0.2) is 24.6 Å². The molecule has 1 saturated carbocycles. The number of nitro benzene ring substituents is 1. The molecular formula is C13H18FN3O2. The van der Waals surface area contributed by atoms with Crippen molar-refractivity contribution in [2.24, 2.45) is 11.7 Å². The molecule has 0 saturated heterocycles. The predicted octanol–water partition coefficient (Wildman–Crippen LogP) is 2.30. The van der Waals surface area contributed by atoms with Crippen molar-refractivity contribution in [3.05, 3.63) is 34.1 Å². The highest BCUT2D eigenvalue weighted by Gasteiger charge is 2.32. The van der Waals surface area contributed by atoms with Crippen LogP contribution in [0.2, 0.25) is 0 Å². The predicted molar refractivity (Wildman–Crippen MR) is 71.6 cm³/mol. The van der Waals surface area contributed by atoms with Gasteiger partial charge in [0, 0.05) is 13.1 Å². The summed E-state index contributed by atoms with van der Waals surface area (Å²) in [6, 6.07) is 3.89. The van der Waals surface area contributed by atoms with E-state index in [-0.39, 0.29) is 11.7 Å². The van der Waals surface area contributed by atoms with E-state index in [0.29, 0.717) is 18.2 Å². The van der Waals surface area contributed by atoms with Crippen LogP contribution >= 0.6 is 0 Å². The van der Waals surface area contributed by atoms with Crippen molar-refractivity contribution in [3.63, 3.8) is 0 Å². The quantitative estimate of drug-likeness (QED) is 0.671. The van der Waals surface area contributed by atoms with Crippen LogP contribution in [0.5, 0.6) is 0 Å². The first-order valence-electron chi connectivity index (χ1n) is 6.41. The van der Waals surface area contributed by atoms with Gasteiger partial charge in [0.05, 0.1) is 11.0 Å². The Hall–Kier alpha value is -1.69. The summed E-state index contributed by atoms with van der Waals surface area (Å²) in [6.07, 6.45) is 3.08. The molecule has 0 radical (unpaired) electrons. The third-order valence-corrected chi connectivity index (χ3v) is 3.93. The van der Waals surface area contributed by atoms with Crippen LogP contribution in [0.25, 0.3) is 0 Å². The van der Waals surface area contributed by atoms with E-state index < -0.39 is 10.7 Å². The van der Waals surface area contributed by atoms with Crippen LogP contribution in [0.1, 0.15) is 19.3 Å². The molecule has 19 heavy (non-hydrogen) atoms. The minimum Gasteiger partial charge on any atom is -0.366 e. The van der Waals surface area contributed by atoms with Gasteiger partial charge >= 0.3 is 0 Å². The molecule has 1 aromatic rings. The van der Waals surface area contributed by atoms with Crippen LogP contribution < -0.4 is 10.6 Å². The van der Waals surface area contributed by atoms with Crippen LogP contribution in [0.4, 0.5) is 15.8 Å². The SMILES string of the molecule is CN(c1ccc(F)cc1[N+](=O)[O-])C1CCCC1CN. The summed E-state index contributed by atoms with van der Waals surface area (Å²) in [6.45, 7) is 0.573. The fraction of sp³-hybridized carbons (Fsp3) is 0.538. The van der Waals surface area contributed by atoms with Gasteiger partial charge in [0.2, 0.25) is 0 Å². The molecule has 5 nitrogen and oxygen atoms in total. The van der Waals surface area contributed by atoms with E-state index in [1.54, 1.807) is 0 Å². The number of nitro groups is 1. The molecule has 0 bridgehead atoms. The van der Waals surface area contributed by atoms with Gasteiger partial charge in [-0.3, -0.25) is 10.1 Å². The number of nitrogens with two attached hydrogens (primary N) is 1. The van der Waals surface area contributed by atoms with Crippen molar-refractivity contribution >= 4 is 11.4 Å². The van der Waals surface area contributed by atoms with Crippen LogP contribution in [0.15, 0.2) is 18.2 Å². The number of rotatable bonds is 4. The van der Waals surface area contributed by atoms with Gasteiger partial charge in [-0.1, -0.05) is 6.42 Å². The molecule has 1 aliphatic rings. The van der Waals surface area contributed by atoms with E-state index in [1.807, 2.05) is 11.9 Å². The Bertz CT molecular complexity index is 481. The molecule has 2 N–H and O–H groups in total. The molecule has 0 heterocycles. The lowest BCUT2D eigenvalue weighted by Crippen LogP contribution is -2.38. The molecule has 0 spiro atoms. The number of hydrogen-bond donors (Lipinski definition) is 1. The Labute approximate surface area is 111 Å². The summed E-state index contributed by atoms with van der Waals surface area (Å²) >= 11 is 0. The summed E-state index contributed by atoms with van der Waals surface area (Å²) in [4.78, 5) is 12.4. The molecule has 2 unspecified atom stereocenters. The van der Waals surface area contributed by atoms with E-state index in [1.165, 1.54) is 12.1 Å². The lowest BCUT2D eigenvalue weighted by molar-refractivity contribution is -0.384. The lowest BCUT2D eigenvalue weighted by atomic mass is 10.0. The van der Waals surface area contributed by atoms with E-state index in [0.717, 1.165) is 25.3 Å². The fourth-order valence-corrected chi connectivity index (χ4v) is 2.92. The number of nitrogens with zero attached hydrogens (tertiary/aromatic N) is 2. The van der Waals surface area contributed by atoms with Gasteiger partial charge in [-0.2, -0.15) is 0 Å². The van der Waals surface area contributed by atoms with Gasteiger partial charge in [0.1, 0.15) is 11.5 Å². The molecule has 0 aromatic heterocycles. The van der Waals surface area contributed by atoms with E-state index in [4.69, 9.17) is 5.73 Å². The van der Waals surface area contributed by atoms with Crippen LogP contribution in [0, 0.1) is 21.8 Å². The molecular weight excluding hydrogens is 249 g/mol. The van der Waals surface area contributed by atoms with E-state index in [2.05, 4.69) is 0 Å². The van der Waals surface area contributed by atoms with Crippen molar-refractivity contribution in [1.29, 1.82) is 0 Å². The smallest absolute Gasteiger partial charge is 0.295 e. The van der Waals surface area contributed by atoms with Gasteiger partial charge in [-0.25, -0.2) is 4.39 Å². The Kier molecular flexibility index (Phi) is 3.99. The Morgan fingerprint density at radius 2 is 2.26 bits per heavy atom. The molecule has 6 heteroatoms. The molecule has 2 atom stereocenters. The second kappa shape index (κ2) is 5.52. The fourth-order valence-electron chi connectivity index (χ4n) is 2.92. The zero-order chi connectivity index (χ0) is 14.0. The zero-order valence-corrected chi connectivity index (χ0v) is 10.9. The van der Waals surface area contributed by atoms with E-state index in [9.17, 15) is 14.5 Å². The molecule has 1 fully saturated rings. The van der Waals surface area contributed by atoms with Gasteiger partial charge in [-0.15, -0.1) is 0 Å². The average molecular weight is 267 g/mol. The van der Waals surface area contributed by atoms with Crippen molar-refractivity contribution in [1.82, 2.24) is 0 Å². The highest BCUT2D eigenvalue weighted by Crippen LogP contribution is 2.35. The van der Waals surface area contributed by atoms with Crippen LogP contribution in [0.3, 0.4) is 0 Å². The minimum atomic E-state index is -0.592. The Balaban J connectivity index is 2.33. The second-order valence-corrected chi connectivity index (χ2v) is 5.00. The van der Waals surface area contributed by atoms with Gasteiger partial charge in [0.15, 0.2) is 0 Å². The maximum absolute atomic E-state index is 13.1. The highest BCUT2D eigenvalue weighted by molar-refractivity contribution is 5.63. The monoisotopic (exact) mass is 267 g/mol.